The fraction of sp³-hybridized carbons (Fsp3) is 0.538. The number of hydrogen-bond donors (Lipinski definition) is 1. The number of nitrogens with one attached hydrogen (secondary N) is 1. The summed E-state index contributed by atoms with van der Waals surface area (Å²) in [4.78, 5) is 4.36. The minimum Gasteiger partial charge on any atom is -0.457 e. The second-order valence-corrected chi connectivity index (χ2v) is 5.67. The number of nitrogens with zero attached hydrogens (tertiary/aromatic N) is 3. The summed E-state index contributed by atoms with van der Waals surface area (Å²) in [5, 5.41) is 7.58. The third-order valence-electron chi connectivity index (χ3n) is 2.99. The van der Waals surface area contributed by atoms with Gasteiger partial charge in [0.2, 0.25) is 0 Å². The molecule has 6 heteroatoms. The topological polar surface area (TPSA) is 55.9 Å². The molecule has 2 rings (SSSR count). The monoisotopic (exact) mass is 326 g/mol. The first-order chi connectivity index (χ1) is 9.11. The van der Waals surface area contributed by atoms with Crippen molar-refractivity contribution < 1.29 is 4.42 Å². The van der Waals surface area contributed by atoms with E-state index in [1.54, 1.807) is 12.6 Å². The lowest BCUT2D eigenvalue weighted by Crippen LogP contribution is -2.21. The number of furan rings is 1. The lowest BCUT2D eigenvalue weighted by molar-refractivity contribution is 0.449. The average molecular weight is 327 g/mol. The lowest BCUT2D eigenvalue weighted by atomic mass is 10.1. The van der Waals surface area contributed by atoms with Gasteiger partial charge in [0.1, 0.15) is 12.2 Å². The van der Waals surface area contributed by atoms with Crippen LogP contribution in [0.15, 0.2) is 27.7 Å². The van der Waals surface area contributed by atoms with Gasteiger partial charge in [0.25, 0.3) is 0 Å². The SMILES string of the molecule is CNC(Cc1ncnn1CC(C)C)c1ccoc1Br. The van der Waals surface area contributed by atoms with Gasteiger partial charge in [-0.1, -0.05) is 13.8 Å². The first-order valence-corrected chi connectivity index (χ1v) is 7.18. The van der Waals surface area contributed by atoms with Crippen molar-refractivity contribution in [3.8, 4) is 0 Å². The summed E-state index contributed by atoms with van der Waals surface area (Å²) in [6.07, 6.45) is 4.08. The maximum atomic E-state index is 5.30. The van der Waals surface area contributed by atoms with Gasteiger partial charge in [-0.05, 0) is 35.0 Å². The molecule has 0 bridgehead atoms. The number of aromatic nitrogens is 3. The van der Waals surface area contributed by atoms with Crippen LogP contribution in [0.4, 0.5) is 0 Å². The highest BCUT2D eigenvalue weighted by Crippen LogP contribution is 2.26. The Bertz CT molecular complexity index is 520. The summed E-state index contributed by atoms with van der Waals surface area (Å²) in [5.74, 6) is 1.54. The van der Waals surface area contributed by atoms with E-state index in [2.05, 4.69) is 45.2 Å². The van der Waals surface area contributed by atoms with Crippen LogP contribution in [0.2, 0.25) is 0 Å². The maximum absolute atomic E-state index is 5.30. The molecule has 104 valence electrons. The van der Waals surface area contributed by atoms with E-state index in [4.69, 9.17) is 4.42 Å². The van der Waals surface area contributed by atoms with Gasteiger partial charge < -0.3 is 9.73 Å². The van der Waals surface area contributed by atoms with Gasteiger partial charge in [0, 0.05) is 24.6 Å². The van der Waals surface area contributed by atoms with Crippen molar-refractivity contribution in [2.75, 3.05) is 7.05 Å². The fourth-order valence-electron chi connectivity index (χ4n) is 2.05. The van der Waals surface area contributed by atoms with Gasteiger partial charge in [-0.3, -0.25) is 0 Å². The molecule has 2 aromatic rings. The Hall–Kier alpha value is -1.14. The molecule has 1 unspecified atom stereocenters. The molecule has 0 aliphatic rings. The van der Waals surface area contributed by atoms with Crippen LogP contribution >= 0.6 is 15.9 Å². The van der Waals surface area contributed by atoms with Crippen LogP contribution in [0.3, 0.4) is 0 Å². The van der Waals surface area contributed by atoms with Crippen molar-refractivity contribution in [2.24, 2.45) is 5.92 Å². The minimum absolute atomic E-state index is 0.156. The molecule has 0 spiro atoms. The van der Waals surface area contributed by atoms with Gasteiger partial charge in [-0.2, -0.15) is 5.10 Å². The van der Waals surface area contributed by atoms with Gasteiger partial charge in [0.05, 0.1) is 6.26 Å². The van der Waals surface area contributed by atoms with E-state index in [-0.39, 0.29) is 6.04 Å². The molecular weight excluding hydrogens is 308 g/mol. The zero-order valence-corrected chi connectivity index (χ0v) is 13.0. The Labute approximate surface area is 121 Å². The van der Waals surface area contributed by atoms with Crippen LogP contribution in [-0.2, 0) is 13.0 Å². The average Bonchev–Trinajstić information content (AvgIpc) is 2.95. The summed E-state index contributed by atoms with van der Waals surface area (Å²) < 4.78 is 8.04. The quantitative estimate of drug-likeness (QED) is 0.886. The smallest absolute Gasteiger partial charge is 0.173 e. The third kappa shape index (κ3) is 3.45. The Kier molecular flexibility index (Phi) is 4.76. The number of hydrogen-bond acceptors (Lipinski definition) is 4. The van der Waals surface area contributed by atoms with E-state index in [0.717, 1.165) is 29.0 Å². The number of rotatable bonds is 6. The molecule has 19 heavy (non-hydrogen) atoms. The molecule has 0 saturated carbocycles. The number of likely N-dealkylation sites (N-methyl/N-ethyl adjacent to an activating group) is 1. The molecule has 0 amide bonds. The van der Waals surface area contributed by atoms with Crippen LogP contribution < -0.4 is 5.32 Å². The first-order valence-electron chi connectivity index (χ1n) is 6.38. The Morgan fingerprint density at radius 3 is 2.84 bits per heavy atom. The Morgan fingerprint density at radius 2 is 2.26 bits per heavy atom. The van der Waals surface area contributed by atoms with E-state index in [1.165, 1.54) is 0 Å². The van der Waals surface area contributed by atoms with E-state index in [1.807, 2.05) is 17.8 Å². The molecule has 0 radical (unpaired) electrons. The van der Waals surface area contributed by atoms with Crippen LogP contribution in [0.1, 0.15) is 31.3 Å². The largest absolute Gasteiger partial charge is 0.457 e. The normalized spacial score (nSPS) is 13.1. The second-order valence-electron chi connectivity index (χ2n) is 4.95. The molecule has 5 nitrogen and oxygen atoms in total. The van der Waals surface area contributed by atoms with E-state index in [9.17, 15) is 0 Å². The van der Waals surface area contributed by atoms with Crippen molar-refractivity contribution in [2.45, 2.75) is 32.9 Å². The second kappa shape index (κ2) is 6.34. The molecule has 1 N–H and O–H groups in total. The molecule has 2 aromatic heterocycles. The Balaban J connectivity index is 2.15. The predicted octanol–water partition coefficient (Wildman–Crippen LogP) is 2.79. The van der Waals surface area contributed by atoms with Crippen molar-refractivity contribution in [3.63, 3.8) is 0 Å². The van der Waals surface area contributed by atoms with Crippen LogP contribution in [0.5, 0.6) is 0 Å². The summed E-state index contributed by atoms with van der Waals surface area (Å²) in [6.45, 7) is 5.24. The minimum atomic E-state index is 0.156. The maximum Gasteiger partial charge on any atom is 0.173 e. The molecule has 0 aliphatic carbocycles. The highest BCUT2D eigenvalue weighted by Gasteiger charge is 2.18. The van der Waals surface area contributed by atoms with Gasteiger partial charge in [0.15, 0.2) is 4.67 Å². The van der Waals surface area contributed by atoms with Crippen LogP contribution in [0, 0.1) is 5.92 Å². The molecular formula is C13H19BrN4O. The van der Waals surface area contributed by atoms with Crippen molar-refractivity contribution >= 4 is 15.9 Å². The Morgan fingerprint density at radius 1 is 1.47 bits per heavy atom. The van der Waals surface area contributed by atoms with Gasteiger partial charge in [-0.15, -0.1) is 0 Å². The van der Waals surface area contributed by atoms with Crippen molar-refractivity contribution in [1.29, 1.82) is 0 Å². The van der Waals surface area contributed by atoms with Gasteiger partial charge in [-0.25, -0.2) is 9.67 Å². The molecule has 0 aromatic carbocycles. The van der Waals surface area contributed by atoms with E-state index < -0.39 is 0 Å². The highest BCUT2D eigenvalue weighted by molar-refractivity contribution is 9.10. The van der Waals surface area contributed by atoms with Crippen LogP contribution in [0.25, 0.3) is 0 Å². The van der Waals surface area contributed by atoms with Crippen LogP contribution in [-0.4, -0.2) is 21.8 Å². The molecule has 0 fully saturated rings. The molecule has 2 heterocycles. The molecule has 1 atom stereocenters. The summed E-state index contributed by atoms with van der Waals surface area (Å²) in [7, 11) is 1.94. The summed E-state index contributed by atoms with van der Waals surface area (Å²) in [6, 6.07) is 2.12. The van der Waals surface area contributed by atoms with Crippen molar-refractivity contribution in [3.05, 3.63) is 34.7 Å². The molecule has 0 aliphatic heterocycles. The highest BCUT2D eigenvalue weighted by atomic mass is 79.9. The summed E-state index contributed by atoms with van der Waals surface area (Å²) >= 11 is 3.42. The lowest BCUT2D eigenvalue weighted by Gasteiger charge is -2.16. The molecule has 0 saturated heterocycles. The van der Waals surface area contributed by atoms with E-state index >= 15 is 0 Å². The number of halogens is 1. The fourth-order valence-corrected chi connectivity index (χ4v) is 2.56. The van der Waals surface area contributed by atoms with Gasteiger partial charge >= 0.3 is 0 Å². The standard InChI is InChI=1S/C13H19BrN4O/c1-9(2)7-18-12(16-8-17-18)6-11(15-3)10-4-5-19-13(10)14/h4-5,8-9,11,15H,6-7H2,1-3H3. The zero-order valence-electron chi connectivity index (χ0n) is 11.4. The van der Waals surface area contributed by atoms with E-state index in [0.29, 0.717) is 5.92 Å². The zero-order chi connectivity index (χ0) is 13.8. The van der Waals surface area contributed by atoms with Crippen molar-refractivity contribution in [1.82, 2.24) is 20.1 Å². The predicted molar refractivity (Wildman–Crippen MR) is 76.8 cm³/mol. The first kappa shape index (κ1) is 14.3. The third-order valence-corrected chi connectivity index (χ3v) is 3.64. The summed E-state index contributed by atoms with van der Waals surface area (Å²) in [5.41, 5.74) is 1.10.